The molecule has 2 N–H and O–H groups in total. The van der Waals surface area contributed by atoms with Crippen LogP contribution in [0.5, 0.6) is 0 Å². The van der Waals surface area contributed by atoms with Gasteiger partial charge in [-0.15, -0.1) is 0 Å². The Morgan fingerprint density at radius 1 is 1.55 bits per heavy atom. The van der Waals surface area contributed by atoms with Gasteiger partial charge in [-0.2, -0.15) is 5.10 Å². The van der Waals surface area contributed by atoms with Crippen molar-refractivity contribution in [2.75, 3.05) is 19.7 Å². The molecule has 0 aliphatic heterocycles. The zero-order valence-electron chi connectivity index (χ0n) is 12.7. The summed E-state index contributed by atoms with van der Waals surface area (Å²) in [7, 11) is 0. The molecule has 1 aromatic rings. The average molecular weight is 282 g/mol. The normalized spacial score (nSPS) is 12.2. The lowest BCUT2D eigenvalue weighted by atomic mass is 10.1. The predicted molar refractivity (Wildman–Crippen MR) is 78.3 cm³/mol. The van der Waals surface area contributed by atoms with Crippen LogP contribution in [0.1, 0.15) is 32.8 Å². The fraction of sp³-hybridized carbons (Fsp3) is 0.714. The number of rotatable bonds is 8. The first-order valence-electron chi connectivity index (χ1n) is 7.25. The van der Waals surface area contributed by atoms with E-state index in [2.05, 4.69) is 10.4 Å². The average Bonchev–Trinajstić information content (AvgIpc) is 2.91. The summed E-state index contributed by atoms with van der Waals surface area (Å²) >= 11 is 0. The minimum Gasteiger partial charge on any atom is -0.396 e. The Bertz CT molecular complexity index is 406. The molecule has 1 atom stereocenters. The van der Waals surface area contributed by atoms with Gasteiger partial charge in [0.05, 0.1) is 12.7 Å². The second-order valence-corrected chi connectivity index (χ2v) is 5.03. The molecule has 0 radical (unpaired) electrons. The van der Waals surface area contributed by atoms with Crippen molar-refractivity contribution in [2.24, 2.45) is 5.92 Å². The van der Waals surface area contributed by atoms with E-state index in [0.717, 1.165) is 18.5 Å². The van der Waals surface area contributed by atoms with Gasteiger partial charge in [-0.3, -0.25) is 4.68 Å². The van der Waals surface area contributed by atoms with E-state index in [1.54, 1.807) is 11.1 Å². The molecule has 1 aromatic heterocycles. The molecule has 0 saturated heterocycles. The summed E-state index contributed by atoms with van der Waals surface area (Å²) in [6, 6.07) is -0.0677. The van der Waals surface area contributed by atoms with Crippen LogP contribution in [0.4, 0.5) is 4.79 Å². The number of amides is 2. The summed E-state index contributed by atoms with van der Waals surface area (Å²) in [6.07, 6.45) is 4.55. The number of nitrogens with one attached hydrogen (secondary N) is 1. The number of hydrogen-bond donors (Lipinski definition) is 2. The third kappa shape index (κ3) is 5.21. The molecule has 0 spiro atoms. The second kappa shape index (κ2) is 8.58. The van der Waals surface area contributed by atoms with Crippen LogP contribution in [0.25, 0.3) is 0 Å². The van der Waals surface area contributed by atoms with E-state index >= 15 is 0 Å². The SMILES string of the molecule is CCN(Cc1cnn(CC)c1)C(=O)NCC[C@H](C)CO. The van der Waals surface area contributed by atoms with Gasteiger partial charge in [0.15, 0.2) is 0 Å². The summed E-state index contributed by atoms with van der Waals surface area (Å²) in [6.45, 7) is 8.75. The summed E-state index contributed by atoms with van der Waals surface area (Å²) < 4.78 is 1.85. The highest BCUT2D eigenvalue weighted by Gasteiger charge is 2.12. The van der Waals surface area contributed by atoms with Crippen LogP contribution in [0.15, 0.2) is 12.4 Å². The number of nitrogens with zero attached hydrogens (tertiary/aromatic N) is 3. The Kier molecular flexibility index (Phi) is 7.08. The molecule has 0 fully saturated rings. The van der Waals surface area contributed by atoms with Crippen molar-refractivity contribution in [3.05, 3.63) is 18.0 Å². The van der Waals surface area contributed by atoms with Gasteiger partial charge >= 0.3 is 6.03 Å². The second-order valence-electron chi connectivity index (χ2n) is 5.03. The Labute approximate surface area is 120 Å². The first kappa shape index (κ1) is 16.5. The van der Waals surface area contributed by atoms with Crippen molar-refractivity contribution in [3.63, 3.8) is 0 Å². The molecule has 6 nitrogen and oxygen atoms in total. The van der Waals surface area contributed by atoms with Gasteiger partial charge in [0.25, 0.3) is 0 Å². The van der Waals surface area contributed by atoms with Crippen molar-refractivity contribution in [2.45, 2.75) is 40.3 Å². The molecule has 0 unspecified atom stereocenters. The highest BCUT2D eigenvalue weighted by molar-refractivity contribution is 5.74. The van der Waals surface area contributed by atoms with Gasteiger partial charge in [-0.1, -0.05) is 6.92 Å². The fourth-order valence-electron chi connectivity index (χ4n) is 1.84. The Hall–Kier alpha value is -1.56. The molecule has 6 heteroatoms. The van der Waals surface area contributed by atoms with Gasteiger partial charge in [-0.25, -0.2) is 4.79 Å². The molecule has 1 rings (SSSR count). The van der Waals surface area contributed by atoms with Crippen molar-refractivity contribution in [3.8, 4) is 0 Å². The van der Waals surface area contributed by atoms with Crippen LogP contribution in [0, 0.1) is 5.92 Å². The maximum absolute atomic E-state index is 12.0. The maximum Gasteiger partial charge on any atom is 0.317 e. The number of aliphatic hydroxyl groups is 1. The Morgan fingerprint density at radius 3 is 2.85 bits per heavy atom. The van der Waals surface area contributed by atoms with Gasteiger partial charge < -0.3 is 15.3 Å². The minimum atomic E-state index is -0.0677. The number of aryl methyl sites for hydroxylation is 1. The summed E-state index contributed by atoms with van der Waals surface area (Å²) in [5.74, 6) is 0.216. The minimum absolute atomic E-state index is 0.0677. The standard InChI is InChI=1S/C14H26N4O2/c1-4-17(9-13-8-16-18(5-2)10-13)14(20)15-7-6-12(3)11-19/h8,10,12,19H,4-7,9,11H2,1-3H3,(H,15,20)/t12-/m0/s1. The number of carbonyl (C=O) groups is 1. The van der Waals surface area contributed by atoms with Gasteiger partial charge in [-0.05, 0) is 26.2 Å². The predicted octanol–water partition coefficient (Wildman–Crippen LogP) is 1.45. The smallest absolute Gasteiger partial charge is 0.317 e. The van der Waals surface area contributed by atoms with Crippen molar-refractivity contribution < 1.29 is 9.90 Å². The molecule has 0 saturated carbocycles. The largest absolute Gasteiger partial charge is 0.396 e. The molecule has 114 valence electrons. The highest BCUT2D eigenvalue weighted by Crippen LogP contribution is 2.04. The van der Waals surface area contributed by atoms with Crippen molar-refractivity contribution in [1.29, 1.82) is 0 Å². The van der Waals surface area contributed by atoms with Crippen LogP contribution in [0.3, 0.4) is 0 Å². The zero-order chi connectivity index (χ0) is 15.0. The highest BCUT2D eigenvalue weighted by atomic mass is 16.3. The van der Waals surface area contributed by atoms with E-state index in [-0.39, 0.29) is 18.6 Å². The number of carbonyl (C=O) groups excluding carboxylic acids is 1. The van der Waals surface area contributed by atoms with E-state index < -0.39 is 0 Å². The number of aromatic nitrogens is 2. The molecule has 1 heterocycles. The molecular weight excluding hydrogens is 256 g/mol. The number of urea groups is 1. The van der Waals surface area contributed by atoms with Crippen molar-refractivity contribution in [1.82, 2.24) is 20.0 Å². The van der Waals surface area contributed by atoms with E-state index in [9.17, 15) is 4.79 Å². The van der Waals surface area contributed by atoms with Gasteiger partial charge in [0, 0.05) is 38.0 Å². The van der Waals surface area contributed by atoms with Crippen LogP contribution in [0.2, 0.25) is 0 Å². The monoisotopic (exact) mass is 282 g/mol. The van der Waals surface area contributed by atoms with Crippen molar-refractivity contribution >= 4 is 6.03 Å². The molecule has 20 heavy (non-hydrogen) atoms. The lowest BCUT2D eigenvalue weighted by molar-refractivity contribution is 0.194. The molecular formula is C14H26N4O2. The van der Waals surface area contributed by atoms with E-state index in [1.807, 2.05) is 31.6 Å². The molecule has 0 aromatic carbocycles. The van der Waals surface area contributed by atoms with Gasteiger partial charge in [0.1, 0.15) is 0 Å². The van der Waals surface area contributed by atoms with Crippen LogP contribution in [-0.4, -0.2) is 45.5 Å². The van der Waals surface area contributed by atoms with E-state index in [1.165, 1.54) is 0 Å². The third-order valence-corrected chi connectivity index (χ3v) is 3.28. The van der Waals surface area contributed by atoms with Gasteiger partial charge in [0.2, 0.25) is 0 Å². The summed E-state index contributed by atoms with van der Waals surface area (Å²) in [4.78, 5) is 13.8. The Balaban J connectivity index is 2.42. The van der Waals surface area contributed by atoms with E-state index in [4.69, 9.17) is 5.11 Å². The fourth-order valence-corrected chi connectivity index (χ4v) is 1.84. The number of aliphatic hydroxyl groups excluding tert-OH is 1. The third-order valence-electron chi connectivity index (χ3n) is 3.28. The first-order chi connectivity index (χ1) is 9.60. The summed E-state index contributed by atoms with van der Waals surface area (Å²) in [5.41, 5.74) is 1.03. The molecule has 0 bridgehead atoms. The maximum atomic E-state index is 12.0. The lowest BCUT2D eigenvalue weighted by Crippen LogP contribution is -2.40. The van der Waals surface area contributed by atoms with Crippen LogP contribution in [-0.2, 0) is 13.1 Å². The topological polar surface area (TPSA) is 70.4 Å². The van der Waals surface area contributed by atoms with E-state index in [0.29, 0.717) is 19.6 Å². The first-order valence-corrected chi connectivity index (χ1v) is 7.25. The summed E-state index contributed by atoms with van der Waals surface area (Å²) in [5, 5.41) is 16.0. The van der Waals surface area contributed by atoms with Crippen LogP contribution < -0.4 is 5.32 Å². The quantitative estimate of drug-likeness (QED) is 0.758. The Morgan fingerprint density at radius 2 is 2.30 bits per heavy atom. The molecule has 0 aliphatic rings. The molecule has 0 aliphatic carbocycles. The van der Waals surface area contributed by atoms with Crippen LogP contribution >= 0.6 is 0 Å². The zero-order valence-corrected chi connectivity index (χ0v) is 12.7. The number of hydrogen-bond acceptors (Lipinski definition) is 3. The molecule has 2 amide bonds. The lowest BCUT2D eigenvalue weighted by Gasteiger charge is -2.21.